The monoisotopic (exact) mass is 215 g/mol. The van der Waals surface area contributed by atoms with Crippen molar-refractivity contribution in [1.82, 2.24) is 0 Å². The van der Waals surface area contributed by atoms with Gasteiger partial charge in [0.15, 0.2) is 0 Å². The molecule has 76 valence electrons. The van der Waals surface area contributed by atoms with E-state index in [2.05, 4.69) is 5.32 Å². The Balaban J connectivity index is 2.10. The molecule has 1 heterocycles. The Morgan fingerprint density at radius 3 is 3.07 bits per heavy atom. The third kappa shape index (κ3) is 2.16. The van der Waals surface area contributed by atoms with E-state index in [-0.39, 0.29) is 11.9 Å². The van der Waals surface area contributed by atoms with E-state index in [1.54, 1.807) is 6.07 Å². The van der Waals surface area contributed by atoms with E-state index in [0.717, 1.165) is 13.0 Å². The Morgan fingerprint density at radius 2 is 2.36 bits per heavy atom. The van der Waals surface area contributed by atoms with E-state index in [0.29, 0.717) is 17.3 Å². The molecule has 1 aromatic carbocycles. The molecule has 0 radical (unpaired) electrons. The maximum Gasteiger partial charge on any atom is 0.146 e. The first kappa shape index (κ1) is 9.74. The van der Waals surface area contributed by atoms with Crippen molar-refractivity contribution in [3.63, 3.8) is 0 Å². The molecule has 1 saturated heterocycles. The molecule has 14 heavy (non-hydrogen) atoms. The lowest BCUT2D eigenvalue weighted by molar-refractivity contribution is 0.195. The number of anilines is 1. The maximum absolute atomic E-state index is 13.3. The molecule has 1 N–H and O–H groups in total. The predicted octanol–water partition coefficient (Wildman–Crippen LogP) is 2.68. The largest absolute Gasteiger partial charge is 0.379 e. The molecule has 0 saturated carbocycles. The molecule has 0 aliphatic carbocycles. The Bertz CT molecular complexity index is 326. The van der Waals surface area contributed by atoms with Crippen molar-refractivity contribution >= 4 is 17.3 Å². The number of benzene rings is 1. The molecule has 1 aliphatic rings. The smallest absolute Gasteiger partial charge is 0.146 e. The minimum Gasteiger partial charge on any atom is -0.379 e. The SMILES string of the molecule is Fc1ccc(Cl)cc1NC1CCOC1. The predicted molar refractivity (Wildman–Crippen MR) is 54.3 cm³/mol. The van der Waals surface area contributed by atoms with Crippen molar-refractivity contribution in [2.24, 2.45) is 0 Å². The maximum atomic E-state index is 13.3. The Labute approximate surface area is 87.0 Å². The van der Waals surface area contributed by atoms with Crippen LogP contribution in [0.4, 0.5) is 10.1 Å². The van der Waals surface area contributed by atoms with Crippen molar-refractivity contribution in [3.8, 4) is 0 Å². The Morgan fingerprint density at radius 1 is 1.50 bits per heavy atom. The summed E-state index contributed by atoms with van der Waals surface area (Å²) in [6.07, 6.45) is 0.909. The van der Waals surface area contributed by atoms with Crippen LogP contribution < -0.4 is 5.32 Å². The quantitative estimate of drug-likeness (QED) is 0.819. The van der Waals surface area contributed by atoms with Gasteiger partial charge in [0.1, 0.15) is 5.82 Å². The van der Waals surface area contributed by atoms with Gasteiger partial charge in [0.2, 0.25) is 0 Å². The molecule has 0 aromatic heterocycles. The molecule has 1 aromatic rings. The fraction of sp³-hybridized carbons (Fsp3) is 0.400. The topological polar surface area (TPSA) is 21.3 Å². The number of hydrogen-bond donors (Lipinski definition) is 1. The molecule has 1 aliphatic heterocycles. The van der Waals surface area contributed by atoms with Crippen molar-refractivity contribution in [2.75, 3.05) is 18.5 Å². The Hall–Kier alpha value is -0.800. The molecule has 0 amide bonds. The molecule has 1 atom stereocenters. The van der Waals surface area contributed by atoms with Crippen molar-refractivity contribution in [1.29, 1.82) is 0 Å². The van der Waals surface area contributed by atoms with Crippen LogP contribution in [-0.4, -0.2) is 19.3 Å². The van der Waals surface area contributed by atoms with Gasteiger partial charge in [-0.15, -0.1) is 0 Å². The lowest BCUT2D eigenvalue weighted by Gasteiger charge is -2.12. The zero-order chi connectivity index (χ0) is 9.97. The summed E-state index contributed by atoms with van der Waals surface area (Å²) in [5, 5.41) is 3.60. The number of hydrogen-bond acceptors (Lipinski definition) is 2. The first-order valence-corrected chi connectivity index (χ1v) is 4.93. The molecule has 2 rings (SSSR count). The molecular formula is C10H11ClFNO. The van der Waals surface area contributed by atoms with Crippen LogP contribution in [0.15, 0.2) is 18.2 Å². The van der Waals surface area contributed by atoms with Crippen LogP contribution in [0.1, 0.15) is 6.42 Å². The van der Waals surface area contributed by atoms with Gasteiger partial charge in [0, 0.05) is 11.6 Å². The number of ether oxygens (including phenoxy) is 1. The van der Waals surface area contributed by atoms with Gasteiger partial charge in [-0.05, 0) is 24.6 Å². The number of halogens is 2. The second-order valence-corrected chi connectivity index (χ2v) is 3.77. The molecular weight excluding hydrogens is 205 g/mol. The third-order valence-corrected chi connectivity index (χ3v) is 2.45. The summed E-state index contributed by atoms with van der Waals surface area (Å²) in [6, 6.07) is 4.69. The van der Waals surface area contributed by atoms with Crippen LogP contribution >= 0.6 is 11.6 Å². The minimum absolute atomic E-state index is 0.197. The lowest BCUT2D eigenvalue weighted by atomic mass is 10.2. The van der Waals surface area contributed by atoms with Gasteiger partial charge in [0.25, 0.3) is 0 Å². The Kier molecular flexibility index (Phi) is 2.89. The fourth-order valence-electron chi connectivity index (χ4n) is 1.48. The van der Waals surface area contributed by atoms with Gasteiger partial charge in [-0.1, -0.05) is 11.6 Å². The van der Waals surface area contributed by atoms with Crippen LogP contribution in [0.3, 0.4) is 0 Å². The van der Waals surface area contributed by atoms with Crippen LogP contribution in [0.2, 0.25) is 5.02 Å². The second kappa shape index (κ2) is 4.15. The molecule has 0 spiro atoms. The average Bonchev–Trinajstić information content (AvgIpc) is 2.64. The van der Waals surface area contributed by atoms with E-state index >= 15 is 0 Å². The van der Waals surface area contributed by atoms with E-state index in [1.807, 2.05) is 0 Å². The highest BCUT2D eigenvalue weighted by atomic mass is 35.5. The van der Waals surface area contributed by atoms with Crippen LogP contribution in [0.5, 0.6) is 0 Å². The van der Waals surface area contributed by atoms with Gasteiger partial charge < -0.3 is 10.1 Å². The summed E-state index contributed by atoms with van der Waals surface area (Å²) in [5.41, 5.74) is 0.452. The summed E-state index contributed by atoms with van der Waals surface area (Å²) in [7, 11) is 0. The first-order chi connectivity index (χ1) is 6.75. The zero-order valence-corrected chi connectivity index (χ0v) is 8.35. The second-order valence-electron chi connectivity index (χ2n) is 3.33. The highest BCUT2D eigenvalue weighted by Crippen LogP contribution is 2.21. The third-order valence-electron chi connectivity index (χ3n) is 2.22. The number of nitrogens with one attached hydrogen (secondary N) is 1. The minimum atomic E-state index is -0.277. The van der Waals surface area contributed by atoms with Crippen molar-refractivity contribution in [3.05, 3.63) is 29.0 Å². The summed E-state index contributed by atoms with van der Waals surface area (Å²) in [5.74, 6) is -0.277. The lowest BCUT2D eigenvalue weighted by Crippen LogP contribution is -2.19. The highest BCUT2D eigenvalue weighted by Gasteiger charge is 2.16. The van der Waals surface area contributed by atoms with Gasteiger partial charge in [-0.2, -0.15) is 0 Å². The summed E-state index contributed by atoms with van der Waals surface area (Å²) in [4.78, 5) is 0. The molecule has 2 nitrogen and oxygen atoms in total. The summed E-state index contributed by atoms with van der Waals surface area (Å²) in [6.45, 7) is 1.37. The van der Waals surface area contributed by atoms with E-state index in [9.17, 15) is 4.39 Å². The molecule has 0 bridgehead atoms. The van der Waals surface area contributed by atoms with Crippen molar-refractivity contribution < 1.29 is 9.13 Å². The molecule has 1 fully saturated rings. The molecule has 4 heteroatoms. The van der Waals surface area contributed by atoms with Gasteiger partial charge in [0.05, 0.1) is 18.3 Å². The zero-order valence-electron chi connectivity index (χ0n) is 7.59. The van der Waals surface area contributed by atoms with E-state index in [1.165, 1.54) is 12.1 Å². The van der Waals surface area contributed by atoms with Crippen LogP contribution in [0.25, 0.3) is 0 Å². The fourth-order valence-corrected chi connectivity index (χ4v) is 1.65. The first-order valence-electron chi connectivity index (χ1n) is 4.55. The normalized spacial score (nSPS) is 21.1. The van der Waals surface area contributed by atoms with Gasteiger partial charge in [-0.3, -0.25) is 0 Å². The van der Waals surface area contributed by atoms with Gasteiger partial charge in [-0.25, -0.2) is 4.39 Å². The van der Waals surface area contributed by atoms with Gasteiger partial charge >= 0.3 is 0 Å². The van der Waals surface area contributed by atoms with E-state index in [4.69, 9.17) is 16.3 Å². The van der Waals surface area contributed by atoms with Crippen LogP contribution in [0, 0.1) is 5.82 Å². The van der Waals surface area contributed by atoms with E-state index < -0.39 is 0 Å². The van der Waals surface area contributed by atoms with Crippen molar-refractivity contribution in [2.45, 2.75) is 12.5 Å². The highest BCUT2D eigenvalue weighted by molar-refractivity contribution is 6.30. The summed E-state index contributed by atoms with van der Waals surface area (Å²) >= 11 is 5.76. The standard InChI is InChI=1S/C10H11ClFNO/c11-7-1-2-9(12)10(5-7)13-8-3-4-14-6-8/h1-2,5,8,13H,3-4,6H2. The average molecular weight is 216 g/mol. The van der Waals surface area contributed by atoms with Crippen LogP contribution in [-0.2, 0) is 4.74 Å². The molecule has 1 unspecified atom stereocenters. The summed E-state index contributed by atoms with van der Waals surface area (Å²) < 4.78 is 18.4. The number of rotatable bonds is 2.